The van der Waals surface area contributed by atoms with E-state index >= 15 is 0 Å². The lowest BCUT2D eigenvalue weighted by Gasteiger charge is -2.19. The summed E-state index contributed by atoms with van der Waals surface area (Å²) in [6.07, 6.45) is 10.3. The number of likely N-dealkylation sites (tertiary alicyclic amines) is 1. The van der Waals surface area contributed by atoms with Gasteiger partial charge in [0.15, 0.2) is 0 Å². The van der Waals surface area contributed by atoms with Crippen LogP contribution >= 0.6 is 0 Å². The summed E-state index contributed by atoms with van der Waals surface area (Å²) >= 11 is 0. The fourth-order valence-corrected chi connectivity index (χ4v) is 4.16. The molecule has 2 aliphatic carbocycles. The van der Waals surface area contributed by atoms with E-state index in [0.29, 0.717) is 17.5 Å². The standard InChI is InChI=1S/C16H19NO2.C2H6/c1-3-5-12(6-4-2)17-15(18)13-10-7-8-11(9-10)14(13)16(17)19;1-2/h3-6,10-11,13-14H,1,7-9H2,2H3;1-2H3/b6-4-,12-5+;. The zero-order chi connectivity index (χ0) is 15.6. The van der Waals surface area contributed by atoms with Gasteiger partial charge in [0.05, 0.1) is 17.5 Å². The molecule has 3 heteroatoms. The minimum absolute atomic E-state index is 0.00778. The molecule has 0 spiro atoms. The number of carbonyl (C=O) groups is 2. The Labute approximate surface area is 127 Å². The number of imide groups is 1. The predicted molar refractivity (Wildman–Crippen MR) is 84.1 cm³/mol. The first-order chi connectivity index (χ1) is 10.2. The van der Waals surface area contributed by atoms with E-state index < -0.39 is 0 Å². The molecule has 1 aliphatic heterocycles. The molecule has 4 atom stereocenters. The highest BCUT2D eigenvalue weighted by molar-refractivity contribution is 6.08. The smallest absolute Gasteiger partial charge is 0.237 e. The number of hydrogen-bond acceptors (Lipinski definition) is 2. The van der Waals surface area contributed by atoms with Crippen LogP contribution in [0.25, 0.3) is 0 Å². The monoisotopic (exact) mass is 287 g/mol. The average molecular weight is 287 g/mol. The van der Waals surface area contributed by atoms with Crippen LogP contribution in [0.3, 0.4) is 0 Å². The predicted octanol–water partition coefficient (Wildman–Crippen LogP) is 3.69. The van der Waals surface area contributed by atoms with Crippen LogP contribution in [0.2, 0.25) is 0 Å². The fraction of sp³-hybridized carbons (Fsp3) is 0.556. The third kappa shape index (κ3) is 2.39. The molecular formula is C18H25NO2. The molecule has 114 valence electrons. The van der Waals surface area contributed by atoms with Crippen LogP contribution in [-0.4, -0.2) is 16.7 Å². The van der Waals surface area contributed by atoms with Gasteiger partial charge in [0.2, 0.25) is 11.8 Å². The molecule has 3 fully saturated rings. The van der Waals surface area contributed by atoms with Crippen LogP contribution in [0.5, 0.6) is 0 Å². The van der Waals surface area contributed by atoms with Crippen LogP contribution < -0.4 is 0 Å². The van der Waals surface area contributed by atoms with E-state index in [0.717, 1.165) is 19.3 Å². The van der Waals surface area contributed by atoms with Gasteiger partial charge in [-0.2, -0.15) is 0 Å². The van der Waals surface area contributed by atoms with Gasteiger partial charge in [-0.3, -0.25) is 14.5 Å². The minimum atomic E-state index is -0.0512. The van der Waals surface area contributed by atoms with Crippen LogP contribution in [0.4, 0.5) is 0 Å². The highest BCUT2D eigenvalue weighted by Crippen LogP contribution is 2.56. The summed E-state index contributed by atoms with van der Waals surface area (Å²) in [5.74, 6) is 0.787. The van der Waals surface area contributed by atoms with Crippen molar-refractivity contribution in [2.45, 2.75) is 40.0 Å². The third-order valence-corrected chi connectivity index (χ3v) is 4.81. The van der Waals surface area contributed by atoms with Gasteiger partial charge in [0, 0.05) is 0 Å². The lowest BCUT2D eigenvalue weighted by molar-refractivity contribution is -0.138. The van der Waals surface area contributed by atoms with Crippen molar-refractivity contribution in [2.75, 3.05) is 0 Å². The molecule has 3 aliphatic rings. The summed E-state index contributed by atoms with van der Waals surface area (Å²) in [5, 5.41) is 0. The molecule has 2 bridgehead atoms. The Kier molecular flexibility index (Phi) is 4.81. The summed E-state index contributed by atoms with van der Waals surface area (Å²) in [5.41, 5.74) is 0.654. The second kappa shape index (κ2) is 6.42. The molecule has 4 unspecified atom stereocenters. The van der Waals surface area contributed by atoms with Crippen molar-refractivity contribution in [2.24, 2.45) is 23.7 Å². The second-order valence-electron chi connectivity index (χ2n) is 5.72. The van der Waals surface area contributed by atoms with E-state index in [1.165, 1.54) is 4.90 Å². The molecule has 3 rings (SSSR count). The lowest BCUT2D eigenvalue weighted by atomic mass is 9.81. The number of amides is 2. The molecule has 3 nitrogen and oxygen atoms in total. The largest absolute Gasteiger partial charge is 0.274 e. The normalized spacial score (nSPS) is 34.2. The molecular weight excluding hydrogens is 262 g/mol. The number of allylic oxidation sites excluding steroid dienone is 4. The number of rotatable bonds is 3. The van der Waals surface area contributed by atoms with Crippen LogP contribution in [0.1, 0.15) is 40.0 Å². The summed E-state index contributed by atoms with van der Waals surface area (Å²) in [6.45, 7) is 9.54. The Bertz CT molecular complexity index is 475. The molecule has 2 saturated carbocycles. The average Bonchev–Trinajstić information content (AvgIpc) is 3.16. The number of fused-ring (bicyclic) bond motifs is 5. The Morgan fingerprint density at radius 3 is 2.10 bits per heavy atom. The molecule has 1 saturated heterocycles. The molecule has 0 radical (unpaired) electrons. The van der Waals surface area contributed by atoms with E-state index in [4.69, 9.17) is 0 Å². The van der Waals surface area contributed by atoms with Gasteiger partial charge < -0.3 is 0 Å². The van der Waals surface area contributed by atoms with Gasteiger partial charge in [-0.25, -0.2) is 0 Å². The Hall–Kier alpha value is -1.64. The first kappa shape index (κ1) is 15.7. The van der Waals surface area contributed by atoms with Gasteiger partial charge in [-0.1, -0.05) is 32.6 Å². The van der Waals surface area contributed by atoms with Crippen molar-refractivity contribution in [1.29, 1.82) is 0 Å². The van der Waals surface area contributed by atoms with E-state index in [1.54, 1.807) is 18.2 Å². The third-order valence-electron chi connectivity index (χ3n) is 4.81. The van der Waals surface area contributed by atoms with Gasteiger partial charge in [-0.15, -0.1) is 0 Å². The summed E-state index contributed by atoms with van der Waals surface area (Å²) in [4.78, 5) is 26.5. The zero-order valence-corrected chi connectivity index (χ0v) is 13.2. The van der Waals surface area contributed by atoms with Gasteiger partial charge in [0.1, 0.15) is 0 Å². The molecule has 0 N–H and O–H groups in total. The number of carbonyl (C=O) groups excluding carboxylic acids is 2. The molecule has 0 aromatic carbocycles. The zero-order valence-electron chi connectivity index (χ0n) is 13.2. The highest BCUT2D eigenvalue weighted by Gasteiger charge is 2.61. The molecule has 2 amide bonds. The molecule has 1 heterocycles. The van der Waals surface area contributed by atoms with E-state index in [-0.39, 0.29) is 23.7 Å². The second-order valence-corrected chi connectivity index (χ2v) is 5.72. The number of hydrogen-bond donors (Lipinski definition) is 0. The highest BCUT2D eigenvalue weighted by atomic mass is 16.2. The van der Waals surface area contributed by atoms with Gasteiger partial charge in [0.25, 0.3) is 0 Å². The maximum atomic E-state index is 12.6. The minimum Gasteiger partial charge on any atom is -0.274 e. The summed E-state index contributed by atoms with van der Waals surface area (Å²) < 4.78 is 0. The van der Waals surface area contributed by atoms with Gasteiger partial charge in [-0.05, 0) is 50.2 Å². The van der Waals surface area contributed by atoms with Crippen molar-refractivity contribution in [3.05, 3.63) is 36.6 Å². The van der Waals surface area contributed by atoms with Crippen molar-refractivity contribution < 1.29 is 9.59 Å². The van der Waals surface area contributed by atoms with Crippen LogP contribution in [0, 0.1) is 23.7 Å². The van der Waals surface area contributed by atoms with Crippen molar-refractivity contribution in [3.63, 3.8) is 0 Å². The SMILES string of the molecule is C=C/C=C(\C=C/C)N1C(=O)C2C3CCC(C3)C2C1=O.CC. The van der Waals surface area contributed by atoms with Crippen LogP contribution in [-0.2, 0) is 9.59 Å². The van der Waals surface area contributed by atoms with Crippen molar-refractivity contribution in [3.8, 4) is 0 Å². The fourth-order valence-electron chi connectivity index (χ4n) is 4.16. The maximum absolute atomic E-state index is 12.6. The van der Waals surface area contributed by atoms with E-state index in [1.807, 2.05) is 26.8 Å². The Balaban J connectivity index is 0.000000774. The molecule has 0 aromatic rings. The Morgan fingerprint density at radius 1 is 1.14 bits per heavy atom. The van der Waals surface area contributed by atoms with Gasteiger partial charge >= 0.3 is 0 Å². The first-order valence-corrected chi connectivity index (χ1v) is 8.02. The quantitative estimate of drug-likeness (QED) is 0.586. The maximum Gasteiger partial charge on any atom is 0.237 e. The first-order valence-electron chi connectivity index (χ1n) is 8.02. The molecule has 0 aromatic heterocycles. The van der Waals surface area contributed by atoms with Crippen LogP contribution in [0.15, 0.2) is 36.6 Å². The topological polar surface area (TPSA) is 37.4 Å². The van der Waals surface area contributed by atoms with E-state index in [2.05, 4.69) is 6.58 Å². The molecule has 21 heavy (non-hydrogen) atoms. The summed E-state index contributed by atoms with van der Waals surface area (Å²) in [7, 11) is 0. The van der Waals surface area contributed by atoms with Crippen molar-refractivity contribution in [1.82, 2.24) is 4.90 Å². The summed E-state index contributed by atoms with van der Waals surface area (Å²) in [6, 6.07) is 0. The Morgan fingerprint density at radius 2 is 1.67 bits per heavy atom. The van der Waals surface area contributed by atoms with Crippen molar-refractivity contribution >= 4 is 11.8 Å². The van der Waals surface area contributed by atoms with E-state index in [9.17, 15) is 9.59 Å². The lowest BCUT2D eigenvalue weighted by Crippen LogP contribution is -2.31. The number of nitrogens with zero attached hydrogens (tertiary/aromatic N) is 1.